The van der Waals surface area contributed by atoms with Gasteiger partial charge < -0.3 is 4.90 Å². The molecule has 0 bridgehead atoms. The summed E-state index contributed by atoms with van der Waals surface area (Å²) in [6, 6.07) is 0.0120. The van der Waals surface area contributed by atoms with Crippen molar-refractivity contribution >= 4 is 22.1 Å². The minimum atomic E-state index is 0.0120. The van der Waals surface area contributed by atoms with Gasteiger partial charge in [-0.25, -0.2) is 14.6 Å². The maximum absolute atomic E-state index is 12.9. The van der Waals surface area contributed by atoms with Crippen LogP contribution < -0.4 is 0 Å². The van der Waals surface area contributed by atoms with Crippen LogP contribution in [0, 0.1) is 20.8 Å². The number of carbonyl (C=O) groups excluding carboxylic acids is 1. The summed E-state index contributed by atoms with van der Waals surface area (Å²) in [5.41, 5.74) is 1.15. The monoisotopic (exact) mass is 386 g/mol. The number of imidazole rings is 1. The molecular formula is C19H26N6OS. The number of hydrogen-bond acceptors (Lipinski definition) is 5. The second kappa shape index (κ2) is 7.07. The zero-order valence-electron chi connectivity index (χ0n) is 16.3. The van der Waals surface area contributed by atoms with Crippen LogP contribution in [0.4, 0.5) is 0 Å². The molecule has 4 rings (SSSR count). The maximum Gasteiger partial charge on any atom is 0.224 e. The van der Waals surface area contributed by atoms with E-state index in [1.54, 1.807) is 11.3 Å². The Labute approximate surface area is 163 Å². The third-order valence-electron chi connectivity index (χ3n) is 5.41. The normalized spacial score (nSPS) is 19.0. The van der Waals surface area contributed by atoms with Crippen molar-refractivity contribution in [3.05, 3.63) is 34.7 Å². The molecule has 0 aromatic carbocycles. The Morgan fingerprint density at radius 1 is 1.30 bits per heavy atom. The van der Waals surface area contributed by atoms with Crippen molar-refractivity contribution < 1.29 is 4.79 Å². The number of rotatable bonds is 4. The predicted molar refractivity (Wildman–Crippen MR) is 105 cm³/mol. The van der Waals surface area contributed by atoms with Crippen LogP contribution in [0.2, 0.25) is 0 Å². The highest BCUT2D eigenvalue weighted by atomic mass is 32.1. The quantitative estimate of drug-likeness (QED) is 0.690. The van der Waals surface area contributed by atoms with E-state index in [0.29, 0.717) is 12.3 Å². The Balaban J connectivity index is 1.47. The smallest absolute Gasteiger partial charge is 0.224 e. The summed E-state index contributed by atoms with van der Waals surface area (Å²) in [4.78, 5) is 25.3. The van der Waals surface area contributed by atoms with Crippen LogP contribution in [-0.4, -0.2) is 48.0 Å². The van der Waals surface area contributed by atoms with Gasteiger partial charge in [0.15, 0.2) is 0 Å². The SMILES string of the molecule is Cc1nc(C)n([C@@H](C)CC(=O)N2CCC[C@@H](c3nc(C)n4ccsc34)C2)n1. The number of aromatic nitrogens is 5. The fourth-order valence-electron chi connectivity index (χ4n) is 4.11. The molecule has 0 unspecified atom stereocenters. The molecule has 1 fully saturated rings. The van der Waals surface area contributed by atoms with Gasteiger partial charge in [0.1, 0.15) is 22.3 Å². The number of likely N-dealkylation sites (tertiary alicyclic amines) is 1. The van der Waals surface area contributed by atoms with E-state index >= 15 is 0 Å². The standard InChI is InChI=1S/C19H26N6OS/c1-12(25-15(4)20-13(2)22-25)10-17(26)23-7-5-6-16(11-23)18-19-24(8-9-27-19)14(3)21-18/h8-9,12,16H,5-7,10-11H2,1-4H3/t12-,16+/m0/s1. The molecule has 3 aromatic heterocycles. The molecule has 0 N–H and O–H groups in total. The van der Waals surface area contributed by atoms with Crippen LogP contribution in [0.15, 0.2) is 11.6 Å². The number of hydrogen-bond donors (Lipinski definition) is 0. The molecule has 2 atom stereocenters. The molecule has 0 radical (unpaired) electrons. The van der Waals surface area contributed by atoms with Gasteiger partial charge in [0, 0.05) is 37.0 Å². The van der Waals surface area contributed by atoms with Gasteiger partial charge in [-0.3, -0.25) is 9.20 Å². The van der Waals surface area contributed by atoms with Gasteiger partial charge in [-0.1, -0.05) is 0 Å². The minimum Gasteiger partial charge on any atom is -0.342 e. The Kier molecular flexibility index (Phi) is 4.75. The first-order chi connectivity index (χ1) is 12.9. The van der Waals surface area contributed by atoms with Crippen molar-refractivity contribution in [3.8, 4) is 0 Å². The summed E-state index contributed by atoms with van der Waals surface area (Å²) in [5.74, 6) is 3.14. The summed E-state index contributed by atoms with van der Waals surface area (Å²) >= 11 is 1.73. The molecule has 1 saturated heterocycles. The van der Waals surface area contributed by atoms with E-state index in [2.05, 4.69) is 26.1 Å². The molecule has 4 heterocycles. The summed E-state index contributed by atoms with van der Waals surface area (Å²) in [6.45, 7) is 9.48. The topological polar surface area (TPSA) is 68.3 Å². The van der Waals surface area contributed by atoms with E-state index in [1.165, 1.54) is 4.83 Å². The summed E-state index contributed by atoms with van der Waals surface area (Å²) in [7, 11) is 0. The van der Waals surface area contributed by atoms with E-state index in [0.717, 1.165) is 49.1 Å². The molecule has 1 aliphatic heterocycles. The number of thiazole rings is 1. The van der Waals surface area contributed by atoms with Crippen LogP contribution in [-0.2, 0) is 4.79 Å². The molecule has 1 aliphatic rings. The number of fused-ring (bicyclic) bond motifs is 1. The Hall–Kier alpha value is -2.22. The third kappa shape index (κ3) is 3.38. The third-order valence-corrected chi connectivity index (χ3v) is 6.30. The molecule has 27 heavy (non-hydrogen) atoms. The van der Waals surface area contributed by atoms with Gasteiger partial charge in [-0.2, -0.15) is 5.10 Å². The minimum absolute atomic E-state index is 0.0120. The van der Waals surface area contributed by atoms with Gasteiger partial charge in [0.25, 0.3) is 0 Å². The second-order valence-corrected chi connectivity index (χ2v) is 8.40. The van der Waals surface area contributed by atoms with Gasteiger partial charge in [-0.05, 0) is 40.5 Å². The lowest BCUT2D eigenvalue weighted by molar-refractivity contribution is -0.133. The van der Waals surface area contributed by atoms with E-state index < -0.39 is 0 Å². The molecule has 1 amide bonds. The van der Waals surface area contributed by atoms with Gasteiger partial charge in [0.2, 0.25) is 5.91 Å². The predicted octanol–water partition coefficient (Wildman–Crippen LogP) is 3.27. The van der Waals surface area contributed by atoms with Gasteiger partial charge in [-0.15, -0.1) is 11.3 Å². The highest BCUT2D eigenvalue weighted by Gasteiger charge is 2.29. The molecule has 0 saturated carbocycles. The van der Waals surface area contributed by atoms with Crippen LogP contribution >= 0.6 is 11.3 Å². The van der Waals surface area contributed by atoms with Crippen molar-refractivity contribution in [2.24, 2.45) is 0 Å². The summed E-state index contributed by atoms with van der Waals surface area (Å²) in [5, 5.41) is 6.53. The lowest BCUT2D eigenvalue weighted by atomic mass is 9.95. The number of nitrogens with zero attached hydrogens (tertiary/aromatic N) is 6. The van der Waals surface area contributed by atoms with Gasteiger partial charge >= 0.3 is 0 Å². The summed E-state index contributed by atoms with van der Waals surface area (Å²) < 4.78 is 4.02. The van der Waals surface area contributed by atoms with E-state index in [-0.39, 0.29) is 11.9 Å². The maximum atomic E-state index is 12.9. The second-order valence-electron chi connectivity index (χ2n) is 7.51. The molecule has 8 heteroatoms. The molecule has 3 aromatic rings. The molecule has 0 aliphatic carbocycles. The van der Waals surface area contributed by atoms with Crippen molar-refractivity contribution in [1.29, 1.82) is 0 Å². The zero-order valence-corrected chi connectivity index (χ0v) is 17.2. The largest absolute Gasteiger partial charge is 0.342 e. The lowest BCUT2D eigenvalue weighted by Gasteiger charge is -2.33. The van der Waals surface area contributed by atoms with Crippen molar-refractivity contribution in [3.63, 3.8) is 0 Å². The highest BCUT2D eigenvalue weighted by molar-refractivity contribution is 7.15. The zero-order chi connectivity index (χ0) is 19.1. The average Bonchev–Trinajstić information content (AvgIpc) is 3.32. The molecular weight excluding hydrogens is 360 g/mol. The van der Waals surface area contributed by atoms with Crippen molar-refractivity contribution in [2.45, 2.75) is 58.9 Å². The Bertz CT molecular complexity index is 970. The van der Waals surface area contributed by atoms with Crippen molar-refractivity contribution in [1.82, 2.24) is 29.0 Å². The van der Waals surface area contributed by atoms with Crippen LogP contribution in [0.3, 0.4) is 0 Å². The Morgan fingerprint density at radius 2 is 2.11 bits per heavy atom. The molecule has 0 spiro atoms. The lowest BCUT2D eigenvalue weighted by Crippen LogP contribution is -2.40. The first-order valence-electron chi connectivity index (χ1n) is 9.53. The van der Waals surface area contributed by atoms with Gasteiger partial charge in [0.05, 0.1) is 11.7 Å². The van der Waals surface area contributed by atoms with Crippen molar-refractivity contribution in [2.75, 3.05) is 13.1 Å². The first-order valence-corrected chi connectivity index (χ1v) is 10.4. The summed E-state index contributed by atoms with van der Waals surface area (Å²) in [6.07, 6.45) is 4.63. The molecule has 7 nitrogen and oxygen atoms in total. The first kappa shape index (κ1) is 18.2. The van der Waals surface area contributed by atoms with E-state index in [9.17, 15) is 4.79 Å². The van der Waals surface area contributed by atoms with Crippen LogP contribution in [0.25, 0.3) is 4.83 Å². The Morgan fingerprint density at radius 3 is 2.85 bits per heavy atom. The number of carbonyl (C=O) groups is 1. The number of amides is 1. The van der Waals surface area contributed by atoms with Crippen LogP contribution in [0.5, 0.6) is 0 Å². The highest BCUT2D eigenvalue weighted by Crippen LogP contribution is 2.32. The van der Waals surface area contributed by atoms with E-state index in [1.807, 2.05) is 37.3 Å². The fourth-order valence-corrected chi connectivity index (χ4v) is 5.06. The van der Waals surface area contributed by atoms with Crippen LogP contribution in [0.1, 0.15) is 61.3 Å². The van der Waals surface area contributed by atoms with E-state index in [4.69, 9.17) is 4.98 Å². The average molecular weight is 387 g/mol. The number of aryl methyl sites for hydroxylation is 3. The molecule has 144 valence electrons. The number of piperidine rings is 1. The fraction of sp³-hybridized carbons (Fsp3) is 0.579.